The maximum absolute atomic E-state index is 8.61. The van der Waals surface area contributed by atoms with Crippen molar-refractivity contribution in [3.63, 3.8) is 0 Å². The summed E-state index contributed by atoms with van der Waals surface area (Å²) < 4.78 is 79.0. The van der Waals surface area contributed by atoms with E-state index in [-0.39, 0.29) is 87.4 Å². The van der Waals surface area contributed by atoms with Gasteiger partial charge in [-0.25, -0.2) is 0 Å². The average molecular weight is 1500 g/mol. The van der Waals surface area contributed by atoms with Gasteiger partial charge in [0.15, 0.2) is 0 Å². The van der Waals surface area contributed by atoms with E-state index in [0.717, 1.165) is 0 Å². The second-order valence-corrected chi connectivity index (χ2v) is 29.9. The first-order valence-corrected chi connectivity index (χ1v) is 32.1. The minimum Gasteiger partial charge on any atom is 2.00 e. The first-order chi connectivity index (χ1) is 16.7. The molecular weight excluding hydrogens is 1440 g/mol. The summed E-state index contributed by atoms with van der Waals surface area (Å²) in [6.45, 7) is 14.0. The Hall–Kier alpha value is 4.80. The van der Waals surface area contributed by atoms with E-state index in [0.29, 0.717) is 0 Å². The van der Waals surface area contributed by atoms with E-state index in [1.807, 2.05) is 0 Å². The normalized spacial score (nSPS) is 10.2. The van der Waals surface area contributed by atoms with Crippen LogP contribution in [0, 0.1) is 0 Å². The van der Waals surface area contributed by atoms with E-state index in [9.17, 15) is 0 Å². The molecule has 40 heavy (non-hydrogen) atoms. The van der Waals surface area contributed by atoms with Gasteiger partial charge in [-0.3, -0.25) is 0 Å². The Morgan fingerprint density at radius 1 is 0.400 bits per heavy atom. The Kier molecular flexibility index (Phi) is 76.5. The smallest absolute Gasteiger partial charge is 2.00 e. The summed E-state index contributed by atoms with van der Waals surface area (Å²) in [4.78, 5) is 0. The second-order valence-electron chi connectivity index (χ2n) is 9.02. The van der Waals surface area contributed by atoms with Crippen LogP contribution in [0.2, 0.25) is 26.6 Å². The summed E-state index contributed by atoms with van der Waals surface area (Å²) in [5.41, 5.74) is 0. The molecule has 16 heteroatoms. The molecule has 236 valence electrons. The maximum Gasteiger partial charge on any atom is 2.00 e. The largest absolute Gasteiger partial charge is 2.00 e. The molecule has 0 atom stereocenters. The molecule has 0 saturated carbocycles. The molecule has 0 unspecified atom stereocenters. The summed E-state index contributed by atoms with van der Waals surface area (Å²) in [7, 11) is 0. The molecule has 0 aliphatic rings. The van der Waals surface area contributed by atoms with Gasteiger partial charge in [0.1, 0.15) is 0 Å². The summed E-state index contributed by atoms with van der Waals surface area (Å²) in [6, 6.07) is 0. The number of unbranched alkanes of at least 4 members (excludes halogenated alkanes) is 6. The molecule has 0 bridgehead atoms. The van der Waals surface area contributed by atoms with Gasteiger partial charge in [0.2, 0.25) is 0 Å². The van der Waals surface area contributed by atoms with Gasteiger partial charge < -0.3 is 5.48 Å². The summed E-state index contributed by atoms with van der Waals surface area (Å²) in [6.07, 6.45) is 17.7. The zero-order valence-corrected chi connectivity index (χ0v) is 47.0. The molecule has 0 aliphatic heterocycles. The van der Waals surface area contributed by atoms with Crippen LogP contribution in [0.1, 0.15) is 119 Å². The van der Waals surface area contributed by atoms with Crippen molar-refractivity contribution in [3.8, 4) is 0 Å². The molecule has 0 saturated heterocycles. The molecule has 0 spiro atoms. The van der Waals surface area contributed by atoms with Crippen LogP contribution < -0.4 is 24.6 Å². The maximum atomic E-state index is 8.61. The van der Waals surface area contributed by atoms with Gasteiger partial charge in [-0.15, -0.1) is 0 Å². The molecule has 2 N–H and O–H groups in total. The van der Waals surface area contributed by atoms with Gasteiger partial charge in [-0.1, -0.05) is 0 Å². The molecule has 9 nitrogen and oxygen atoms in total. The zero-order chi connectivity index (χ0) is 28.9. The average Bonchev–Trinajstić information content (AvgIpc) is 2.76. The second kappa shape index (κ2) is 48.2. The van der Waals surface area contributed by atoms with Crippen LogP contribution in [0.4, 0.5) is 0 Å². The fraction of sp³-hybridized carbons (Fsp3) is 1.00. The van der Waals surface area contributed by atoms with E-state index in [1.165, 1.54) is 77.0 Å². The van der Waals surface area contributed by atoms with Crippen LogP contribution in [0.3, 0.4) is 0 Å². The molecule has 0 aromatic heterocycles. The van der Waals surface area contributed by atoms with E-state index in [1.54, 1.807) is 26.6 Å². The van der Waals surface area contributed by atoms with Crippen LogP contribution >= 0.6 is 0 Å². The number of hydrogen-bond donors (Lipinski definition) is 0. The quantitative estimate of drug-likeness (QED) is 0.166. The van der Waals surface area contributed by atoms with Crippen molar-refractivity contribution < 1.29 is 37.5 Å². The van der Waals surface area contributed by atoms with Gasteiger partial charge in [0.25, 0.3) is 0 Å². The predicted octanol–water partition coefficient (Wildman–Crippen LogP) is -0.337. The van der Waals surface area contributed by atoms with Crippen molar-refractivity contribution in [3.05, 3.63) is 0 Å². The third-order valence-corrected chi connectivity index (χ3v) is 23.5. The first kappa shape index (κ1) is 63.5. The molecule has 8 radical (unpaired) electrons. The van der Waals surface area contributed by atoms with E-state index in [2.05, 4.69) is 41.5 Å². The topological polar surface area (TPSA) is 204 Å². The molecular formula is C24H56As2O9Pb3Sn2. The minimum atomic E-state index is -5.88. The van der Waals surface area contributed by atoms with Crippen molar-refractivity contribution in [1.82, 2.24) is 0 Å². The fourth-order valence-electron chi connectivity index (χ4n) is 3.31. The van der Waals surface area contributed by atoms with Crippen LogP contribution in [0.25, 0.3) is 0 Å². The van der Waals surface area contributed by atoms with Gasteiger partial charge in [0.05, 0.1) is 0 Å². The molecule has 0 aromatic carbocycles. The first-order valence-electron chi connectivity index (χ1n) is 13.8. The Morgan fingerprint density at radius 2 is 0.500 bits per heavy atom. The molecule has 0 heterocycles. The van der Waals surface area contributed by atoms with Crippen molar-refractivity contribution in [2.75, 3.05) is 0 Å². The Labute approximate surface area is 328 Å². The number of hydrogen-bond acceptors (Lipinski definition) is 8. The van der Waals surface area contributed by atoms with Gasteiger partial charge in [-0.2, -0.15) is 0 Å². The van der Waals surface area contributed by atoms with Crippen LogP contribution in [-0.2, 0) is 7.48 Å². The SMILES string of the molecule is CCC[CH2][Sn]([CH2]CCC)[CH2]CCC.CCC[CH2][Sn]([CH2]CCC)[CH2]CCC.O.O=[As]([O-])([O-])[O-].O=[As]([O-])([O-])[O-].[Pb+2].[Pb+2].[Pb+2]. The van der Waals surface area contributed by atoms with E-state index < -0.39 is 68.5 Å². The standard InChI is InChI=1S/6C4H9.2AsH3O4.H2O.3Pb.2Sn/c6*1-3-4-2;2*2-1(3,4)5;;;;;;/h6*1,3-4H2,2H3;2*(H3,2,3,4,5);1H2;;;;;/q;;;;;;;;;3*+2;;/p-6. The Morgan fingerprint density at radius 3 is 0.575 bits per heavy atom. The van der Waals surface area contributed by atoms with Gasteiger partial charge >= 0.3 is 328 Å². The van der Waals surface area contributed by atoms with Gasteiger partial charge in [0, 0.05) is 0 Å². The monoisotopic (exact) mass is 1500 g/mol. The molecule has 0 fully saturated rings. The molecule has 0 aliphatic carbocycles. The van der Waals surface area contributed by atoms with E-state index in [4.69, 9.17) is 32.1 Å². The molecule has 0 rings (SSSR count). The summed E-state index contributed by atoms with van der Waals surface area (Å²) >= 11 is -13.4. The van der Waals surface area contributed by atoms with Crippen molar-refractivity contribution in [1.29, 1.82) is 0 Å². The van der Waals surface area contributed by atoms with Crippen molar-refractivity contribution >= 4 is 150 Å². The minimum absolute atomic E-state index is 0. The Bertz CT molecular complexity index is 423. The van der Waals surface area contributed by atoms with E-state index >= 15 is 0 Å². The summed E-state index contributed by atoms with van der Waals surface area (Å²) in [5, 5.41) is 0. The predicted molar refractivity (Wildman–Crippen MR) is 164 cm³/mol. The van der Waals surface area contributed by atoms with Crippen LogP contribution in [-0.4, -0.2) is 156 Å². The fourth-order valence-corrected chi connectivity index (χ4v) is 22.2. The summed E-state index contributed by atoms with van der Waals surface area (Å²) in [5.74, 6) is 0. The number of rotatable bonds is 18. The zero-order valence-electron chi connectivity index (χ0n) is 25.9. The molecule has 0 aromatic rings. The molecule has 0 amide bonds. The Balaban J connectivity index is -0.0000000596. The van der Waals surface area contributed by atoms with Crippen molar-refractivity contribution in [2.24, 2.45) is 0 Å². The third-order valence-electron chi connectivity index (χ3n) is 5.30. The van der Waals surface area contributed by atoms with Crippen LogP contribution in [0.15, 0.2) is 0 Å². The van der Waals surface area contributed by atoms with Gasteiger partial charge in [-0.05, 0) is 0 Å². The van der Waals surface area contributed by atoms with Crippen LogP contribution in [0.5, 0.6) is 0 Å². The van der Waals surface area contributed by atoms with Crippen molar-refractivity contribution in [2.45, 2.75) is 145 Å². The third kappa shape index (κ3) is 90.2.